The Morgan fingerprint density at radius 3 is 2.60 bits per heavy atom. The summed E-state index contributed by atoms with van der Waals surface area (Å²) in [5.74, 6) is -1.92. The number of hydrogen-bond acceptors (Lipinski definition) is 3. The maximum absolute atomic E-state index is 13.1. The first-order valence-corrected chi connectivity index (χ1v) is 6.46. The Labute approximate surface area is 116 Å². The zero-order chi connectivity index (χ0) is 14.9. The van der Waals surface area contributed by atoms with E-state index in [1.807, 2.05) is 0 Å². The van der Waals surface area contributed by atoms with Crippen LogP contribution >= 0.6 is 11.3 Å². The fourth-order valence-electron chi connectivity index (χ4n) is 1.67. The van der Waals surface area contributed by atoms with Gasteiger partial charge in [-0.05, 0) is 25.1 Å². The van der Waals surface area contributed by atoms with Gasteiger partial charge in [-0.2, -0.15) is 13.2 Å². The maximum atomic E-state index is 13.1. The summed E-state index contributed by atoms with van der Waals surface area (Å²) < 4.78 is 50.8. The second-order valence-electron chi connectivity index (χ2n) is 4.15. The van der Waals surface area contributed by atoms with E-state index in [9.17, 15) is 22.4 Å². The van der Waals surface area contributed by atoms with Crippen molar-refractivity contribution in [2.24, 2.45) is 0 Å². The van der Waals surface area contributed by atoms with Crippen LogP contribution in [0.25, 0.3) is 0 Å². The van der Waals surface area contributed by atoms with Crippen LogP contribution < -0.4 is 0 Å². The minimum absolute atomic E-state index is 0.104. The van der Waals surface area contributed by atoms with E-state index in [0.29, 0.717) is 17.8 Å². The quantitative estimate of drug-likeness (QED) is 0.633. The molecule has 0 aliphatic heterocycles. The minimum Gasteiger partial charge on any atom is -0.294 e. The van der Waals surface area contributed by atoms with Gasteiger partial charge in [0.2, 0.25) is 0 Å². The van der Waals surface area contributed by atoms with E-state index in [0.717, 1.165) is 11.1 Å². The van der Waals surface area contributed by atoms with Crippen LogP contribution in [0.3, 0.4) is 0 Å². The zero-order valence-electron chi connectivity index (χ0n) is 10.3. The lowest BCUT2D eigenvalue weighted by atomic mass is 10.0. The molecule has 2 nitrogen and oxygen atoms in total. The minimum atomic E-state index is -4.82. The van der Waals surface area contributed by atoms with Crippen molar-refractivity contribution in [3.63, 3.8) is 0 Å². The Hall–Kier alpha value is -1.76. The lowest BCUT2D eigenvalue weighted by Gasteiger charge is -2.09. The molecule has 0 spiro atoms. The second kappa shape index (κ2) is 5.32. The molecule has 1 aromatic carbocycles. The number of aromatic nitrogens is 1. The molecule has 0 atom stereocenters. The van der Waals surface area contributed by atoms with E-state index in [1.165, 1.54) is 11.3 Å². The number of Topliss-reactive ketones (excluding diaryl/α,β-unsaturated/α-hetero) is 1. The van der Waals surface area contributed by atoms with E-state index < -0.39 is 23.3 Å². The number of carbonyl (C=O) groups excluding carboxylic acids is 1. The number of aryl methyl sites for hydroxylation is 1. The Balaban J connectivity index is 2.27. The Morgan fingerprint density at radius 1 is 1.35 bits per heavy atom. The highest BCUT2D eigenvalue weighted by Gasteiger charge is 2.34. The fourth-order valence-corrected chi connectivity index (χ4v) is 2.28. The third kappa shape index (κ3) is 3.22. The van der Waals surface area contributed by atoms with Crippen LogP contribution in [0.5, 0.6) is 0 Å². The summed E-state index contributed by atoms with van der Waals surface area (Å²) in [4.78, 5) is 16.0. The number of hydrogen-bond donors (Lipinski definition) is 0. The largest absolute Gasteiger partial charge is 0.419 e. The highest BCUT2D eigenvalue weighted by atomic mass is 32.1. The Morgan fingerprint density at radius 2 is 2.05 bits per heavy atom. The van der Waals surface area contributed by atoms with Crippen molar-refractivity contribution in [2.75, 3.05) is 0 Å². The van der Waals surface area contributed by atoms with Crippen molar-refractivity contribution in [1.29, 1.82) is 0 Å². The molecule has 106 valence electrons. The lowest BCUT2D eigenvalue weighted by molar-refractivity contribution is -0.140. The molecule has 0 bridgehead atoms. The van der Waals surface area contributed by atoms with Crippen LogP contribution in [0.15, 0.2) is 23.6 Å². The van der Waals surface area contributed by atoms with Crippen molar-refractivity contribution < 1.29 is 22.4 Å². The molecule has 7 heteroatoms. The normalized spacial score (nSPS) is 11.7. The molecule has 1 heterocycles. The monoisotopic (exact) mass is 303 g/mol. The van der Waals surface area contributed by atoms with Gasteiger partial charge in [-0.3, -0.25) is 4.79 Å². The van der Waals surface area contributed by atoms with Crippen LogP contribution in [-0.4, -0.2) is 10.8 Å². The second-order valence-corrected chi connectivity index (χ2v) is 5.21. The number of rotatable bonds is 3. The van der Waals surface area contributed by atoms with Gasteiger partial charge in [-0.25, -0.2) is 9.37 Å². The molecular formula is C13H9F4NOS. The smallest absolute Gasteiger partial charge is 0.294 e. The van der Waals surface area contributed by atoms with Crippen molar-refractivity contribution in [3.05, 3.63) is 51.2 Å². The van der Waals surface area contributed by atoms with Crippen molar-refractivity contribution in [3.8, 4) is 0 Å². The first-order valence-electron chi connectivity index (χ1n) is 5.58. The number of carbonyl (C=O) groups is 1. The predicted octanol–water partition coefficient (Wildman–Crippen LogP) is 4.03. The average Bonchev–Trinajstić information content (AvgIpc) is 2.73. The van der Waals surface area contributed by atoms with E-state index in [4.69, 9.17) is 0 Å². The number of nitrogens with zero attached hydrogens (tertiary/aromatic N) is 1. The van der Waals surface area contributed by atoms with Crippen LogP contribution in [-0.2, 0) is 12.6 Å². The molecule has 0 saturated heterocycles. The number of ketones is 1. The highest BCUT2D eigenvalue weighted by Crippen LogP contribution is 2.32. The fraction of sp³-hybridized carbons (Fsp3) is 0.231. The van der Waals surface area contributed by atoms with Crippen LogP contribution in [0.1, 0.15) is 26.6 Å². The molecule has 1 aromatic heterocycles. The first-order chi connectivity index (χ1) is 9.27. The van der Waals surface area contributed by atoms with Crippen molar-refractivity contribution >= 4 is 17.1 Å². The molecule has 0 amide bonds. The van der Waals surface area contributed by atoms with Gasteiger partial charge in [0, 0.05) is 10.9 Å². The molecule has 2 rings (SSSR count). The van der Waals surface area contributed by atoms with Gasteiger partial charge in [0.1, 0.15) is 5.82 Å². The average molecular weight is 303 g/mol. The van der Waals surface area contributed by atoms with E-state index >= 15 is 0 Å². The Kier molecular flexibility index (Phi) is 3.89. The summed E-state index contributed by atoms with van der Waals surface area (Å²) in [5, 5.41) is 2.43. The molecule has 0 radical (unpaired) electrons. The molecule has 0 aliphatic rings. The maximum Gasteiger partial charge on any atom is 0.419 e. The van der Waals surface area contributed by atoms with Gasteiger partial charge in [-0.1, -0.05) is 0 Å². The molecule has 0 aliphatic carbocycles. The van der Waals surface area contributed by atoms with Crippen molar-refractivity contribution in [1.82, 2.24) is 4.98 Å². The SMILES string of the molecule is Cc1nc(CC(=O)c2ccc(F)c(C(F)(F)F)c2)cs1. The zero-order valence-corrected chi connectivity index (χ0v) is 11.1. The van der Waals surface area contributed by atoms with Crippen LogP contribution in [0, 0.1) is 12.7 Å². The van der Waals surface area contributed by atoms with Gasteiger partial charge < -0.3 is 0 Å². The molecule has 2 aromatic rings. The number of thiazole rings is 1. The first kappa shape index (κ1) is 14.6. The number of halogens is 4. The Bertz CT molecular complexity index is 648. The third-order valence-corrected chi connectivity index (χ3v) is 3.42. The summed E-state index contributed by atoms with van der Waals surface area (Å²) >= 11 is 1.35. The summed E-state index contributed by atoms with van der Waals surface area (Å²) in [7, 11) is 0. The summed E-state index contributed by atoms with van der Waals surface area (Å²) in [5.41, 5.74) is -1.11. The standard InChI is InChI=1S/C13H9F4NOS/c1-7-18-9(6-20-7)5-12(19)8-2-3-11(14)10(4-8)13(15,16)17/h2-4,6H,5H2,1H3. The molecular weight excluding hydrogens is 294 g/mol. The molecule has 0 fully saturated rings. The highest BCUT2D eigenvalue weighted by molar-refractivity contribution is 7.09. The van der Waals surface area contributed by atoms with Gasteiger partial charge >= 0.3 is 6.18 Å². The lowest BCUT2D eigenvalue weighted by Crippen LogP contribution is -2.11. The van der Waals surface area contributed by atoms with E-state index in [-0.39, 0.29) is 12.0 Å². The predicted molar refractivity (Wildman–Crippen MR) is 66.3 cm³/mol. The third-order valence-electron chi connectivity index (χ3n) is 2.60. The van der Waals surface area contributed by atoms with Crippen LogP contribution in [0.4, 0.5) is 17.6 Å². The number of benzene rings is 1. The summed E-state index contributed by atoms with van der Waals surface area (Å²) in [6, 6.07) is 2.24. The van der Waals surface area contributed by atoms with Crippen LogP contribution in [0.2, 0.25) is 0 Å². The van der Waals surface area contributed by atoms with E-state index in [2.05, 4.69) is 4.98 Å². The summed E-state index contributed by atoms with van der Waals surface area (Å²) in [6.07, 6.45) is -4.93. The van der Waals surface area contributed by atoms with Gasteiger partial charge in [-0.15, -0.1) is 11.3 Å². The molecule has 0 unspecified atom stereocenters. The van der Waals surface area contributed by atoms with Crippen molar-refractivity contribution in [2.45, 2.75) is 19.5 Å². The number of alkyl halides is 3. The van der Waals surface area contributed by atoms with Gasteiger partial charge in [0.05, 0.1) is 22.7 Å². The van der Waals surface area contributed by atoms with E-state index in [1.54, 1.807) is 12.3 Å². The molecule has 0 saturated carbocycles. The van der Waals surface area contributed by atoms with Gasteiger partial charge in [0.25, 0.3) is 0 Å². The topological polar surface area (TPSA) is 30.0 Å². The molecule has 20 heavy (non-hydrogen) atoms. The molecule has 0 N–H and O–H groups in total. The van der Waals surface area contributed by atoms with Gasteiger partial charge in [0.15, 0.2) is 5.78 Å². The summed E-state index contributed by atoms with van der Waals surface area (Å²) in [6.45, 7) is 1.76.